The molecule has 1 atom stereocenters. The molecular weight excluding hydrogens is 329 g/mol. The normalized spacial score (nSPS) is 12.4. The lowest BCUT2D eigenvalue weighted by Crippen LogP contribution is -2.24. The minimum absolute atomic E-state index is 0.171. The molecule has 2 aromatic rings. The van der Waals surface area contributed by atoms with Gasteiger partial charge in [-0.2, -0.15) is 0 Å². The van der Waals surface area contributed by atoms with Gasteiger partial charge in [-0.15, -0.1) is 0 Å². The molecule has 0 saturated carbocycles. The molecule has 112 valence electrons. The maximum atomic E-state index is 13.3. The smallest absolute Gasteiger partial charge is 0.123 e. The number of nitrogens with one attached hydrogen (secondary N) is 1. The Morgan fingerprint density at radius 2 is 1.86 bits per heavy atom. The molecule has 0 aliphatic heterocycles. The third-order valence-electron chi connectivity index (χ3n) is 3.80. The van der Waals surface area contributed by atoms with Crippen molar-refractivity contribution in [3.8, 4) is 0 Å². The van der Waals surface area contributed by atoms with Gasteiger partial charge in [-0.1, -0.05) is 35.0 Å². The Bertz CT molecular complexity index is 625. The van der Waals surface area contributed by atoms with Gasteiger partial charge in [-0.3, -0.25) is 0 Å². The van der Waals surface area contributed by atoms with Crippen LogP contribution in [-0.4, -0.2) is 6.54 Å². The number of hydrogen-bond donors (Lipinski definition) is 1. The van der Waals surface area contributed by atoms with Crippen LogP contribution in [0.2, 0.25) is 0 Å². The van der Waals surface area contributed by atoms with Crippen LogP contribution in [0.1, 0.15) is 35.2 Å². The van der Waals surface area contributed by atoms with Crippen LogP contribution in [0.3, 0.4) is 0 Å². The van der Waals surface area contributed by atoms with E-state index < -0.39 is 0 Å². The summed E-state index contributed by atoms with van der Waals surface area (Å²) < 4.78 is 14.3. The molecule has 0 amide bonds. The maximum Gasteiger partial charge on any atom is 0.123 e. The van der Waals surface area contributed by atoms with E-state index >= 15 is 0 Å². The number of benzene rings is 2. The summed E-state index contributed by atoms with van der Waals surface area (Å²) >= 11 is 3.55. The van der Waals surface area contributed by atoms with Crippen molar-refractivity contribution in [3.63, 3.8) is 0 Å². The fourth-order valence-electron chi connectivity index (χ4n) is 2.63. The second-order valence-corrected chi connectivity index (χ2v) is 6.30. The Labute approximate surface area is 134 Å². The van der Waals surface area contributed by atoms with Crippen LogP contribution in [0.15, 0.2) is 40.9 Å². The molecule has 0 saturated heterocycles. The number of aryl methyl sites for hydroxylation is 2. The van der Waals surface area contributed by atoms with Gasteiger partial charge in [-0.05, 0) is 73.3 Å². The lowest BCUT2D eigenvalue weighted by molar-refractivity contribution is 0.545. The van der Waals surface area contributed by atoms with Gasteiger partial charge in [-0.25, -0.2) is 4.39 Å². The van der Waals surface area contributed by atoms with Crippen molar-refractivity contribution in [3.05, 3.63) is 68.9 Å². The van der Waals surface area contributed by atoms with Gasteiger partial charge >= 0.3 is 0 Å². The summed E-state index contributed by atoms with van der Waals surface area (Å²) in [5.41, 5.74) is 4.74. The van der Waals surface area contributed by atoms with Crippen molar-refractivity contribution in [2.75, 3.05) is 6.54 Å². The Morgan fingerprint density at radius 3 is 2.52 bits per heavy atom. The van der Waals surface area contributed by atoms with Crippen molar-refractivity contribution in [2.45, 2.75) is 33.2 Å². The molecule has 2 aromatic carbocycles. The van der Waals surface area contributed by atoms with E-state index in [0.29, 0.717) is 0 Å². The van der Waals surface area contributed by atoms with Crippen LogP contribution in [0.5, 0.6) is 0 Å². The third kappa shape index (κ3) is 4.14. The first kappa shape index (κ1) is 16.2. The van der Waals surface area contributed by atoms with E-state index in [1.807, 2.05) is 13.0 Å². The van der Waals surface area contributed by atoms with Gasteiger partial charge in [0.15, 0.2) is 0 Å². The van der Waals surface area contributed by atoms with Crippen LogP contribution < -0.4 is 5.32 Å². The summed E-state index contributed by atoms with van der Waals surface area (Å²) in [5.74, 6) is -0.171. The molecule has 3 heteroatoms. The molecule has 0 heterocycles. The molecule has 21 heavy (non-hydrogen) atoms. The summed E-state index contributed by atoms with van der Waals surface area (Å²) in [7, 11) is 0. The van der Waals surface area contributed by atoms with Crippen LogP contribution in [0.4, 0.5) is 4.39 Å². The highest BCUT2D eigenvalue weighted by Gasteiger charge is 2.15. The van der Waals surface area contributed by atoms with Crippen molar-refractivity contribution in [1.82, 2.24) is 5.32 Å². The van der Waals surface area contributed by atoms with E-state index in [2.05, 4.69) is 53.3 Å². The van der Waals surface area contributed by atoms with Crippen molar-refractivity contribution < 1.29 is 4.39 Å². The molecule has 1 nitrogen and oxygen atoms in total. The minimum Gasteiger partial charge on any atom is -0.310 e. The number of hydrogen-bond acceptors (Lipinski definition) is 1. The van der Waals surface area contributed by atoms with Crippen LogP contribution in [0.25, 0.3) is 0 Å². The molecule has 2 rings (SSSR count). The highest BCUT2D eigenvalue weighted by Crippen LogP contribution is 2.26. The van der Waals surface area contributed by atoms with Crippen LogP contribution in [-0.2, 0) is 6.42 Å². The summed E-state index contributed by atoms with van der Waals surface area (Å²) in [5, 5.41) is 3.54. The average molecular weight is 350 g/mol. The van der Waals surface area contributed by atoms with Crippen molar-refractivity contribution in [2.24, 2.45) is 0 Å². The largest absolute Gasteiger partial charge is 0.310 e. The van der Waals surface area contributed by atoms with Gasteiger partial charge in [0.2, 0.25) is 0 Å². The average Bonchev–Trinajstić information content (AvgIpc) is 2.44. The fourth-order valence-corrected chi connectivity index (χ4v) is 3.01. The number of halogens is 2. The fraction of sp³-hybridized carbons (Fsp3) is 0.333. The Balaban J connectivity index is 2.32. The lowest BCUT2D eigenvalue weighted by Gasteiger charge is -2.22. The van der Waals surface area contributed by atoms with Crippen LogP contribution in [0, 0.1) is 19.7 Å². The van der Waals surface area contributed by atoms with Gasteiger partial charge in [0.25, 0.3) is 0 Å². The number of likely N-dealkylation sites (N-methyl/N-ethyl adjacent to an activating group) is 1. The van der Waals surface area contributed by atoms with Gasteiger partial charge in [0.1, 0.15) is 5.82 Å². The zero-order valence-electron chi connectivity index (χ0n) is 12.7. The first-order valence-electron chi connectivity index (χ1n) is 7.25. The van der Waals surface area contributed by atoms with E-state index in [1.54, 1.807) is 12.1 Å². The zero-order chi connectivity index (χ0) is 15.4. The molecule has 0 bridgehead atoms. The topological polar surface area (TPSA) is 12.0 Å². The molecule has 1 unspecified atom stereocenters. The van der Waals surface area contributed by atoms with E-state index in [-0.39, 0.29) is 11.9 Å². The molecule has 0 fully saturated rings. The van der Waals surface area contributed by atoms with Crippen molar-refractivity contribution in [1.29, 1.82) is 0 Å². The molecule has 0 spiro atoms. The third-order valence-corrected chi connectivity index (χ3v) is 4.29. The van der Waals surface area contributed by atoms with E-state index in [4.69, 9.17) is 0 Å². The van der Waals surface area contributed by atoms with E-state index in [9.17, 15) is 4.39 Å². The number of rotatable bonds is 5. The summed E-state index contributed by atoms with van der Waals surface area (Å²) in [4.78, 5) is 0. The van der Waals surface area contributed by atoms with Crippen molar-refractivity contribution >= 4 is 15.9 Å². The molecular formula is C18H21BrFN. The highest BCUT2D eigenvalue weighted by molar-refractivity contribution is 9.10. The summed E-state index contributed by atoms with van der Waals surface area (Å²) in [6, 6.07) is 11.6. The second-order valence-electron chi connectivity index (χ2n) is 5.39. The van der Waals surface area contributed by atoms with Gasteiger partial charge < -0.3 is 5.32 Å². The quantitative estimate of drug-likeness (QED) is 0.791. The van der Waals surface area contributed by atoms with E-state index in [0.717, 1.165) is 23.0 Å². The second kappa shape index (κ2) is 7.19. The standard InChI is InChI=1S/C18H21BrFN/c1-4-21-18(17-11-15(19)7-5-12(17)2)10-14-6-8-16(20)9-13(14)3/h5-9,11,18,21H,4,10H2,1-3H3. The molecule has 0 aliphatic carbocycles. The minimum atomic E-state index is -0.171. The predicted octanol–water partition coefficient (Wildman–Crippen LogP) is 5.10. The summed E-state index contributed by atoms with van der Waals surface area (Å²) in [6.07, 6.45) is 0.858. The maximum absolute atomic E-state index is 13.3. The first-order chi connectivity index (χ1) is 10.0. The molecule has 0 aromatic heterocycles. The molecule has 1 N–H and O–H groups in total. The first-order valence-corrected chi connectivity index (χ1v) is 8.05. The predicted molar refractivity (Wildman–Crippen MR) is 90.1 cm³/mol. The SMILES string of the molecule is CCNC(Cc1ccc(F)cc1C)c1cc(Br)ccc1C. The lowest BCUT2D eigenvalue weighted by atomic mass is 9.93. The summed E-state index contributed by atoms with van der Waals surface area (Å²) in [6.45, 7) is 7.10. The Morgan fingerprint density at radius 1 is 1.10 bits per heavy atom. The van der Waals surface area contributed by atoms with E-state index in [1.165, 1.54) is 16.7 Å². The zero-order valence-corrected chi connectivity index (χ0v) is 14.3. The molecule has 0 radical (unpaired) electrons. The van der Waals surface area contributed by atoms with Gasteiger partial charge in [0, 0.05) is 10.5 Å². The Kier molecular flexibility index (Phi) is 5.54. The van der Waals surface area contributed by atoms with Gasteiger partial charge in [0.05, 0.1) is 0 Å². The Hall–Kier alpha value is -1.19. The van der Waals surface area contributed by atoms with Crippen LogP contribution >= 0.6 is 15.9 Å². The monoisotopic (exact) mass is 349 g/mol. The highest BCUT2D eigenvalue weighted by atomic mass is 79.9. The molecule has 0 aliphatic rings.